The Balaban J connectivity index is 1.62. The van der Waals surface area contributed by atoms with Crippen molar-refractivity contribution >= 4 is 6.08 Å². The summed E-state index contributed by atoms with van der Waals surface area (Å²) < 4.78 is 5.61. The van der Waals surface area contributed by atoms with Crippen molar-refractivity contribution in [3.05, 3.63) is 42.0 Å². The molecule has 0 spiro atoms. The molecule has 2 rings (SSSR count). The predicted octanol–water partition coefficient (Wildman–Crippen LogP) is 2.33. The van der Waals surface area contributed by atoms with Gasteiger partial charge in [-0.2, -0.15) is 0 Å². The molecule has 16 heavy (non-hydrogen) atoms. The summed E-state index contributed by atoms with van der Waals surface area (Å²) in [5.41, 5.74) is 1.23. The Labute approximate surface area is 97.3 Å². The summed E-state index contributed by atoms with van der Waals surface area (Å²) in [6.45, 7) is 3.85. The maximum atomic E-state index is 5.61. The largest absolute Gasteiger partial charge is 0.377 e. The monoisotopic (exact) mass is 217 g/mol. The van der Waals surface area contributed by atoms with Crippen LogP contribution in [0.25, 0.3) is 6.08 Å². The third kappa shape index (κ3) is 3.80. The molecule has 1 fully saturated rings. The second-order valence-corrected chi connectivity index (χ2v) is 4.21. The molecule has 86 valence electrons. The first-order valence-electron chi connectivity index (χ1n) is 5.95. The van der Waals surface area contributed by atoms with Gasteiger partial charge in [-0.05, 0) is 24.4 Å². The maximum absolute atomic E-state index is 5.61. The summed E-state index contributed by atoms with van der Waals surface area (Å²) in [4.78, 5) is 0. The lowest BCUT2D eigenvalue weighted by atomic mass is 10.1. The molecule has 1 aromatic rings. The lowest BCUT2D eigenvalue weighted by molar-refractivity contribution is 0.129. The molecule has 1 aliphatic rings. The van der Waals surface area contributed by atoms with Gasteiger partial charge in [0.1, 0.15) is 0 Å². The first kappa shape index (κ1) is 11.4. The van der Waals surface area contributed by atoms with Gasteiger partial charge in [-0.1, -0.05) is 42.5 Å². The Hall–Kier alpha value is -1.12. The van der Waals surface area contributed by atoms with Gasteiger partial charge in [-0.15, -0.1) is 0 Å². The van der Waals surface area contributed by atoms with E-state index in [1.54, 1.807) is 0 Å². The Kier molecular flexibility index (Phi) is 4.59. The second kappa shape index (κ2) is 6.46. The van der Waals surface area contributed by atoms with Crippen molar-refractivity contribution in [2.24, 2.45) is 5.92 Å². The number of rotatable bonds is 5. The summed E-state index contributed by atoms with van der Waals surface area (Å²) in [7, 11) is 0. The van der Waals surface area contributed by atoms with E-state index in [4.69, 9.17) is 4.74 Å². The van der Waals surface area contributed by atoms with E-state index in [9.17, 15) is 0 Å². The van der Waals surface area contributed by atoms with Gasteiger partial charge in [0.15, 0.2) is 0 Å². The summed E-state index contributed by atoms with van der Waals surface area (Å²) in [5.74, 6) is 0.713. The maximum Gasteiger partial charge on any atom is 0.0650 e. The molecule has 2 nitrogen and oxygen atoms in total. The Morgan fingerprint density at radius 2 is 2.19 bits per heavy atom. The lowest BCUT2D eigenvalue weighted by Gasteiger charge is -2.06. The van der Waals surface area contributed by atoms with Gasteiger partial charge in [0.2, 0.25) is 0 Å². The average Bonchev–Trinajstić information content (AvgIpc) is 2.83. The molecule has 1 saturated heterocycles. The molecule has 1 heterocycles. The highest BCUT2D eigenvalue weighted by Crippen LogP contribution is 2.07. The van der Waals surface area contributed by atoms with Crippen molar-refractivity contribution in [1.82, 2.24) is 5.32 Å². The minimum atomic E-state index is 0.713. The highest BCUT2D eigenvalue weighted by Gasteiger charge is 2.13. The molecule has 0 radical (unpaired) electrons. The summed E-state index contributed by atoms with van der Waals surface area (Å²) in [6.07, 6.45) is 5.44. The molecule has 2 heteroatoms. The molecule has 1 aliphatic heterocycles. The summed E-state index contributed by atoms with van der Waals surface area (Å²) >= 11 is 0. The van der Waals surface area contributed by atoms with Crippen LogP contribution in [0.15, 0.2) is 36.4 Å². The number of hydrogen-bond donors (Lipinski definition) is 1. The molecular weight excluding hydrogens is 198 g/mol. The van der Waals surface area contributed by atoms with Crippen LogP contribution in [0.5, 0.6) is 0 Å². The molecule has 1 aromatic carbocycles. The van der Waals surface area contributed by atoms with Crippen LogP contribution in [-0.2, 0) is 4.74 Å². The zero-order chi connectivity index (χ0) is 11.1. The highest BCUT2D eigenvalue weighted by atomic mass is 16.5. The topological polar surface area (TPSA) is 21.3 Å². The molecule has 0 amide bonds. The van der Waals surface area contributed by atoms with Crippen LogP contribution in [0.2, 0.25) is 0 Å². The zero-order valence-electron chi connectivity index (χ0n) is 9.56. The van der Waals surface area contributed by atoms with Crippen molar-refractivity contribution in [2.45, 2.75) is 6.42 Å². The van der Waals surface area contributed by atoms with Crippen LogP contribution in [-0.4, -0.2) is 26.3 Å². The molecular formula is C14H19NO. The van der Waals surface area contributed by atoms with Gasteiger partial charge >= 0.3 is 0 Å². The van der Waals surface area contributed by atoms with Crippen LogP contribution >= 0.6 is 0 Å². The summed E-state index contributed by atoms with van der Waals surface area (Å²) in [6, 6.07) is 10.3. The fraction of sp³-hybridized carbons (Fsp3) is 0.429. The van der Waals surface area contributed by atoms with E-state index in [0.29, 0.717) is 12.5 Å². The third-order valence-electron chi connectivity index (χ3n) is 2.84. The van der Waals surface area contributed by atoms with Crippen molar-refractivity contribution < 1.29 is 4.74 Å². The lowest BCUT2D eigenvalue weighted by Crippen LogP contribution is -2.13. The number of ether oxygens (including phenoxy) is 1. The van der Waals surface area contributed by atoms with E-state index in [2.05, 4.69) is 29.6 Å². The van der Waals surface area contributed by atoms with Crippen LogP contribution in [0.1, 0.15) is 12.0 Å². The SMILES string of the molecule is C(=Cc1ccccc1)COCC1CCNC1. The Morgan fingerprint density at radius 1 is 1.31 bits per heavy atom. The van der Waals surface area contributed by atoms with Crippen LogP contribution in [0, 0.1) is 5.92 Å². The van der Waals surface area contributed by atoms with Crippen LogP contribution in [0.3, 0.4) is 0 Å². The molecule has 0 aromatic heterocycles. The molecule has 0 aliphatic carbocycles. The molecule has 1 N–H and O–H groups in total. The second-order valence-electron chi connectivity index (χ2n) is 4.21. The average molecular weight is 217 g/mol. The van der Waals surface area contributed by atoms with Crippen LogP contribution in [0.4, 0.5) is 0 Å². The van der Waals surface area contributed by atoms with Gasteiger partial charge in [0.05, 0.1) is 13.2 Å². The van der Waals surface area contributed by atoms with E-state index >= 15 is 0 Å². The molecule has 1 unspecified atom stereocenters. The van der Waals surface area contributed by atoms with Gasteiger partial charge in [-0.25, -0.2) is 0 Å². The minimum absolute atomic E-state index is 0.713. The summed E-state index contributed by atoms with van der Waals surface area (Å²) in [5, 5.41) is 3.34. The minimum Gasteiger partial charge on any atom is -0.377 e. The smallest absolute Gasteiger partial charge is 0.0650 e. The Bertz CT molecular complexity index is 315. The van der Waals surface area contributed by atoms with Crippen molar-refractivity contribution in [2.75, 3.05) is 26.3 Å². The third-order valence-corrected chi connectivity index (χ3v) is 2.84. The van der Waals surface area contributed by atoms with Crippen molar-refractivity contribution in [3.63, 3.8) is 0 Å². The number of benzene rings is 1. The molecule has 1 atom stereocenters. The van der Waals surface area contributed by atoms with Crippen LogP contribution < -0.4 is 5.32 Å². The highest BCUT2D eigenvalue weighted by molar-refractivity contribution is 5.48. The molecule has 0 bridgehead atoms. The van der Waals surface area contributed by atoms with E-state index in [-0.39, 0.29) is 0 Å². The van der Waals surface area contributed by atoms with Crippen molar-refractivity contribution in [1.29, 1.82) is 0 Å². The van der Waals surface area contributed by atoms with Gasteiger partial charge in [-0.3, -0.25) is 0 Å². The zero-order valence-corrected chi connectivity index (χ0v) is 9.56. The fourth-order valence-corrected chi connectivity index (χ4v) is 1.91. The first-order valence-corrected chi connectivity index (χ1v) is 5.95. The van der Waals surface area contributed by atoms with E-state index in [1.165, 1.54) is 12.0 Å². The van der Waals surface area contributed by atoms with Gasteiger partial charge in [0.25, 0.3) is 0 Å². The standard InChI is InChI=1S/C14H19NO/c1-2-5-13(6-3-1)7-4-10-16-12-14-8-9-15-11-14/h1-7,14-15H,8-12H2. The number of nitrogens with one attached hydrogen (secondary N) is 1. The van der Waals surface area contributed by atoms with E-state index in [1.807, 2.05) is 18.2 Å². The fourth-order valence-electron chi connectivity index (χ4n) is 1.91. The quantitative estimate of drug-likeness (QED) is 0.764. The van der Waals surface area contributed by atoms with Crippen molar-refractivity contribution in [3.8, 4) is 0 Å². The normalized spacial score (nSPS) is 20.6. The van der Waals surface area contributed by atoms with E-state index < -0.39 is 0 Å². The molecule has 0 saturated carbocycles. The first-order chi connectivity index (χ1) is 7.95. The van der Waals surface area contributed by atoms with Gasteiger partial charge < -0.3 is 10.1 Å². The number of hydrogen-bond acceptors (Lipinski definition) is 2. The van der Waals surface area contributed by atoms with E-state index in [0.717, 1.165) is 19.7 Å². The predicted molar refractivity (Wildman–Crippen MR) is 67.3 cm³/mol. The Morgan fingerprint density at radius 3 is 2.94 bits per heavy atom. The van der Waals surface area contributed by atoms with Gasteiger partial charge in [0, 0.05) is 6.54 Å².